The highest BCUT2D eigenvalue weighted by atomic mass is 79.9. The van der Waals surface area contributed by atoms with E-state index in [1.165, 1.54) is 0 Å². The number of thioether (sulfide) groups is 1. The van der Waals surface area contributed by atoms with Crippen LogP contribution in [-0.4, -0.2) is 72.8 Å². The molecule has 2 saturated heterocycles. The fourth-order valence-corrected chi connectivity index (χ4v) is 5.48. The molecule has 0 saturated carbocycles. The van der Waals surface area contributed by atoms with Gasteiger partial charge in [-0.15, -0.1) is 6.42 Å². The Morgan fingerprint density at radius 3 is 2.54 bits per heavy atom. The van der Waals surface area contributed by atoms with Crippen LogP contribution in [0.1, 0.15) is 12.5 Å². The number of piperazine rings is 1. The van der Waals surface area contributed by atoms with Crippen LogP contribution in [0.4, 0.5) is 10.5 Å². The highest BCUT2D eigenvalue weighted by Crippen LogP contribution is 2.39. The molecular weight excluding hydrogens is 558 g/mol. The molecule has 37 heavy (non-hydrogen) atoms. The third kappa shape index (κ3) is 6.29. The number of halogens is 1. The van der Waals surface area contributed by atoms with Crippen LogP contribution in [0.25, 0.3) is 6.08 Å². The first-order chi connectivity index (χ1) is 17.9. The van der Waals surface area contributed by atoms with Crippen molar-refractivity contribution in [2.75, 3.05) is 50.8 Å². The molecule has 0 N–H and O–H groups in total. The van der Waals surface area contributed by atoms with Crippen molar-refractivity contribution >= 4 is 56.5 Å². The summed E-state index contributed by atoms with van der Waals surface area (Å²) in [6.45, 7) is 4.48. The van der Waals surface area contributed by atoms with Crippen LogP contribution in [-0.2, 0) is 9.59 Å². The molecule has 3 amide bonds. The van der Waals surface area contributed by atoms with Gasteiger partial charge in [0.25, 0.3) is 11.1 Å². The second-order valence-corrected chi connectivity index (χ2v) is 10.1. The van der Waals surface area contributed by atoms with Crippen molar-refractivity contribution in [3.05, 3.63) is 57.4 Å². The fourth-order valence-electron chi connectivity index (χ4n) is 4.06. The van der Waals surface area contributed by atoms with Gasteiger partial charge in [0.05, 0.1) is 16.0 Å². The van der Waals surface area contributed by atoms with Gasteiger partial charge < -0.3 is 19.3 Å². The molecule has 2 aromatic rings. The maximum absolute atomic E-state index is 13.0. The van der Waals surface area contributed by atoms with Crippen LogP contribution < -0.4 is 14.4 Å². The van der Waals surface area contributed by atoms with E-state index in [0.717, 1.165) is 22.3 Å². The zero-order valence-corrected chi connectivity index (χ0v) is 22.7. The third-order valence-electron chi connectivity index (χ3n) is 5.85. The van der Waals surface area contributed by atoms with Gasteiger partial charge in [-0.3, -0.25) is 19.3 Å². The Kier molecular flexibility index (Phi) is 8.79. The lowest BCUT2D eigenvalue weighted by Gasteiger charge is -2.36. The molecule has 10 heteroatoms. The number of ether oxygens (including phenoxy) is 2. The summed E-state index contributed by atoms with van der Waals surface area (Å²) in [5, 5.41) is -0.467. The van der Waals surface area contributed by atoms with Gasteiger partial charge in [0.15, 0.2) is 11.5 Å². The summed E-state index contributed by atoms with van der Waals surface area (Å²) in [4.78, 5) is 43.7. The molecule has 0 radical (unpaired) electrons. The second-order valence-electron chi connectivity index (χ2n) is 8.23. The van der Waals surface area contributed by atoms with Crippen molar-refractivity contribution in [3.8, 4) is 23.8 Å². The van der Waals surface area contributed by atoms with Crippen molar-refractivity contribution in [3.63, 3.8) is 0 Å². The Balaban J connectivity index is 1.42. The van der Waals surface area contributed by atoms with Crippen molar-refractivity contribution in [1.29, 1.82) is 0 Å². The number of nitrogens with zero attached hydrogens (tertiary/aromatic N) is 3. The average molecular weight is 584 g/mol. The number of rotatable bonds is 8. The minimum absolute atomic E-state index is 0.0756. The monoisotopic (exact) mass is 583 g/mol. The number of carbonyl (C=O) groups is 3. The SMILES string of the molecule is C#CCOc1c(Br)cc(/C=C2/SC(=O)N(CC(=O)N3CCN(c4ccccc4)CC3)C2=O)cc1OCC. The summed E-state index contributed by atoms with van der Waals surface area (Å²) >= 11 is 4.27. The first-order valence-electron chi connectivity index (χ1n) is 11.8. The maximum Gasteiger partial charge on any atom is 0.294 e. The lowest BCUT2D eigenvalue weighted by Crippen LogP contribution is -2.51. The Labute approximate surface area is 228 Å². The molecule has 0 spiro atoms. The zero-order valence-electron chi connectivity index (χ0n) is 20.3. The van der Waals surface area contributed by atoms with Crippen LogP contribution in [0.3, 0.4) is 0 Å². The Morgan fingerprint density at radius 1 is 1.14 bits per heavy atom. The number of carbonyl (C=O) groups excluding carboxylic acids is 3. The predicted molar refractivity (Wildman–Crippen MR) is 148 cm³/mol. The molecule has 0 bridgehead atoms. The molecule has 8 nitrogen and oxygen atoms in total. The number of hydrogen-bond donors (Lipinski definition) is 0. The third-order valence-corrected chi connectivity index (χ3v) is 7.35. The van der Waals surface area contributed by atoms with Gasteiger partial charge in [0.1, 0.15) is 13.2 Å². The van der Waals surface area contributed by atoms with Crippen molar-refractivity contribution in [2.24, 2.45) is 0 Å². The van der Waals surface area contributed by atoms with E-state index >= 15 is 0 Å². The van der Waals surface area contributed by atoms with Crippen LogP contribution in [0.15, 0.2) is 51.8 Å². The largest absolute Gasteiger partial charge is 0.490 e. The van der Waals surface area contributed by atoms with Crippen molar-refractivity contribution in [2.45, 2.75) is 6.92 Å². The molecule has 2 aliphatic heterocycles. The number of amides is 3. The molecule has 0 unspecified atom stereocenters. The minimum Gasteiger partial charge on any atom is -0.490 e. The van der Waals surface area contributed by atoms with E-state index < -0.39 is 11.1 Å². The van der Waals surface area contributed by atoms with Gasteiger partial charge in [0, 0.05) is 31.9 Å². The van der Waals surface area contributed by atoms with E-state index in [1.54, 1.807) is 23.1 Å². The summed E-state index contributed by atoms with van der Waals surface area (Å²) in [5.74, 6) is 2.60. The minimum atomic E-state index is -0.493. The average Bonchev–Trinajstić information content (AvgIpc) is 3.16. The van der Waals surface area contributed by atoms with E-state index in [-0.39, 0.29) is 24.0 Å². The molecule has 0 aliphatic carbocycles. The summed E-state index contributed by atoms with van der Waals surface area (Å²) in [5.41, 5.74) is 1.75. The smallest absolute Gasteiger partial charge is 0.294 e. The van der Waals surface area contributed by atoms with Crippen LogP contribution in [0, 0.1) is 12.3 Å². The van der Waals surface area contributed by atoms with E-state index in [1.807, 2.05) is 37.3 Å². The number of imide groups is 1. The first-order valence-corrected chi connectivity index (χ1v) is 13.4. The van der Waals surface area contributed by atoms with E-state index in [2.05, 4.69) is 26.8 Å². The van der Waals surface area contributed by atoms with Crippen LogP contribution in [0.2, 0.25) is 0 Å². The van der Waals surface area contributed by atoms with Crippen molar-refractivity contribution < 1.29 is 23.9 Å². The molecule has 4 rings (SSSR count). The number of hydrogen-bond acceptors (Lipinski definition) is 7. The Bertz CT molecular complexity index is 1250. The number of benzene rings is 2. The van der Waals surface area contributed by atoms with Gasteiger partial charge in [0.2, 0.25) is 5.91 Å². The molecule has 2 heterocycles. The topological polar surface area (TPSA) is 79.4 Å². The second kappa shape index (κ2) is 12.2. The number of terminal acetylenes is 1. The summed E-state index contributed by atoms with van der Waals surface area (Å²) < 4.78 is 11.8. The fraction of sp³-hybridized carbons (Fsp3) is 0.296. The molecule has 192 valence electrons. The Hall–Kier alpha value is -3.42. The molecule has 0 aromatic heterocycles. The summed E-state index contributed by atoms with van der Waals surface area (Å²) in [6.07, 6.45) is 6.90. The van der Waals surface area contributed by atoms with Gasteiger partial charge in [-0.1, -0.05) is 24.1 Å². The van der Waals surface area contributed by atoms with E-state index in [0.29, 0.717) is 54.3 Å². The number of para-hydroxylation sites is 1. The number of anilines is 1. The molecule has 2 aromatic carbocycles. The lowest BCUT2D eigenvalue weighted by molar-refractivity contribution is -0.136. The highest BCUT2D eigenvalue weighted by molar-refractivity contribution is 9.10. The summed E-state index contributed by atoms with van der Waals surface area (Å²) in [7, 11) is 0. The highest BCUT2D eigenvalue weighted by Gasteiger charge is 2.37. The molecule has 0 atom stereocenters. The summed E-state index contributed by atoms with van der Waals surface area (Å²) in [6, 6.07) is 13.5. The normalized spacial score (nSPS) is 16.8. The Morgan fingerprint density at radius 2 is 1.86 bits per heavy atom. The van der Waals surface area contributed by atoms with E-state index in [9.17, 15) is 14.4 Å². The van der Waals surface area contributed by atoms with Crippen LogP contribution >= 0.6 is 27.7 Å². The van der Waals surface area contributed by atoms with E-state index in [4.69, 9.17) is 15.9 Å². The standard InChI is InChI=1S/C27H26BrN3O5S/c1-3-14-36-25-21(28)15-19(16-22(25)35-4-2)17-23-26(33)31(27(34)37-23)18-24(32)30-12-10-29(11-13-30)20-8-6-5-7-9-20/h1,5-9,15-17H,4,10-14,18H2,2H3/b23-17+. The van der Waals surface area contributed by atoms with Crippen molar-refractivity contribution in [1.82, 2.24) is 9.80 Å². The zero-order chi connectivity index (χ0) is 26.4. The molecular formula is C27H26BrN3O5S. The van der Waals surface area contributed by atoms with Crippen LogP contribution in [0.5, 0.6) is 11.5 Å². The first kappa shape index (κ1) is 26.6. The lowest BCUT2D eigenvalue weighted by atomic mass is 10.2. The maximum atomic E-state index is 13.0. The van der Waals surface area contributed by atoms with Gasteiger partial charge in [-0.25, -0.2) is 0 Å². The predicted octanol–water partition coefficient (Wildman–Crippen LogP) is 4.24. The molecule has 2 aliphatic rings. The molecule has 2 fully saturated rings. The van der Waals surface area contributed by atoms with Gasteiger partial charge >= 0.3 is 0 Å². The van der Waals surface area contributed by atoms with Gasteiger partial charge in [-0.05, 0) is 70.5 Å². The quantitative estimate of drug-likeness (QED) is 0.339. The van der Waals surface area contributed by atoms with Gasteiger partial charge in [-0.2, -0.15) is 0 Å².